The van der Waals surface area contributed by atoms with E-state index in [0.717, 1.165) is 5.56 Å². The summed E-state index contributed by atoms with van der Waals surface area (Å²) in [5.74, 6) is 1.71. The Morgan fingerprint density at radius 2 is 2.16 bits per heavy atom. The van der Waals surface area contributed by atoms with Crippen molar-refractivity contribution < 1.29 is 9.32 Å². The summed E-state index contributed by atoms with van der Waals surface area (Å²) in [7, 11) is 0. The van der Waals surface area contributed by atoms with Gasteiger partial charge in [0.05, 0.1) is 11.5 Å². The van der Waals surface area contributed by atoms with Crippen LogP contribution in [-0.4, -0.2) is 32.0 Å². The predicted octanol–water partition coefficient (Wildman–Crippen LogP) is 1.95. The van der Waals surface area contributed by atoms with Gasteiger partial charge in [-0.15, -0.1) is 22.0 Å². The highest BCUT2D eigenvalue weighted by atomic mass is 32.2. The Labute approximate surface area is 152 Å². The summed E-state index contributed by atoms with van der Waals surface area (Å²) in [6.45, 7) is 1.75. The molecule has 130 valence electrons. The van der Waals surface area contributed by atoms with Crippen molar-refractivity contribution in [3.8, 4) is 0 Å². The van der Waals surface area contributed by atoms with Crippen LogP contribution < -0.4 is 11.1 Å². The van der Waals surface area contributed by atoms with Crippen LogP contribution in [0.5, 0.6) is 0 Å². The van der Waals surface area contributed by atoms with Crippen molar-refractivity contribution in [2.45, 2.75) is 18.7 Å². The number of thioether (sulfide) groups is 1. The van der Waals surface area contributed by atoms with Crippen LogP contribution in [0.1, 0.15) is 28.3 Å². The van der Waals surface area contributed by atoms with Gasteiger partial charge in [-0.2, -0.15) is 4.98 Å². The standard InChI is InChI=1S/C15H16N6O2S2/c1-9-17-12(23-21-9)8-24-7-11(22)18-13(10-5-3-2-4-6-10)14-19-20-15(16)25-14/h2-6,13H,7-8H2,1H3,(H2,16,20)(H,18,22)/t13-/m1/s1. The van der Waals surface area contributed by atoms with E-state index in [2.05, 4.69) is 25.7 Å². The van der Waals surface area contributed by atoms with Crippen LogP contribution >= 0.6 is 23.1 Å². The number of aryl methyl sites for hydroxylation is 1. The molecule has 0 unspecified atom stereocenters. The Kier molecular flexibility index (Phi) is 5.61. The zero-order valence-corrected chi connectivity index (χ0v) is 15.0. The molecule has 1 amide bonds. The molecule has 8 nitrogen and oxygen atoms in total. The Balaban J connectivity index is 1.62. The first-order valence-electron chi connectivity index (χ1n) is 7.42. The van der Waals surface area contributed by atoms with Crippen LogP contribution in [0.25, 0.3) is 0 Å². The number of carbonyl (C=O) groups excluding carboxylic acids is 1. The number of aromatic nitrogens is 4. The molecule has 2 heterocycles. The van der Waals surface area contributed by atoms with Gasteiger partial charge in [0.2, 0.25) is 16.9 Å². The van der Waals surface area contributed by atoms with Crippen molar-refractivity contribution in [2.75, 3.05) is 11.5 Å². The lowest BCUT2D eigenvalue weighted by Crippen LogP contribution is -2.30. The molecule has 1 aromatic carbocycles. The van der Waals surface area contributed by atoms with Gasteiger partial charge in [0, 0.05) is 0 Å². The minimum Gasteiger partial charge on any atom is -0.374 e. The fraction of sp³-hybridized carbons (Fsp3) is 0.267. The number of carbonyl (C=O) groups is 1. The number of nitrogens with zero attached hydrogens (tertiary/aromatic N) is 4. The van der Waals surface area contributed by atoms with Crippen molar-refractivity contribution in [1.29, 1.82) is 0 Å². The molecule has 10 heteroatoms. The summed E-state index contributed by atoms with van der Waals surface area (Å²) in [4.78, 5) is 16.4. The summed E-state index contributed by atoms with van der Waals surface area (Å²) in [5.41, 5.74) is 6.60. The first kappa shape index (κ1) is 17.4. The number of nitrogen functional groups attached to an aromatic ring is 1. The molecule has 0 aliphatic rings. The average Bonchev–Trinajstić information content (AvgIpc) is 3.22. The van der Waals surface area contributed by atoms with Gasteiger partial charge in [0.1, 0.15) is 11.0 Å². The molecule has 0 aliphatic carbocycles. The van der Waals surface area contributed by atoms with Gasteiger partial charge in [0.15, 0.2) is 5.82 Å². The lowest BCUT2D eigenvalue weighted by Gasteiger charge is -2.16. The highest BCUT2D eigenvalue weighted by molar-refractivity contribution is 7.99. The smallest absolute Gasteiger partial charge is 0.236 e. The van der Waals surface area contributed by atoms with E-state index >= 15 is 0 Å². The molecule has 3 rings (SSSR count). The van der Waals surface area contributed by atoms with Gasteiger partial charge in [-0.25, -0.2) is 0 Å². The zero-order valence-electron chi connectivity index (χ0n) is 13.4. The molecule has 0 bridgehead atoms. The molecule has 0 spiro atoms. The molecule has 0 saturated carbocycles. The van der Waals surface area contributed by atoms with Crippen molar-refractivity contribution in [1.82, 2.24) is 25.7 Å². The predicted molar refractivity (Wildman–Crippen MR) is 95.9 cm³/mol. The van der Waals surface area contributed by atoms with Gasteiger partial charge >= 0.3 is 0 Å². The maximum absolute atomic E-state index is 12.3. The van der Waals surface area contributed by atoms with E-state index in [1.165, 1.54) is 23.1 Å². The molecule has 0 radical (unpaired) electrons. The number of hydrogen-bond acceptors (Lipinski definition) is 9. The molecule has 0 aliphatic heterocycles. The molecule has 25 heavy (non-hydrogen) atoms. The molecule has 2 aromatic heterocycles. The molecule has 0 fully saturated rings. The topological polar surface area (TPSA) is 120 Å². The zero-order chi connectivity index (χ0) is 17.6. The molecule has 0 saturated heterocycles. The van der Waals surface area contributed by atoms with E-state index < -0.39 is 0 Å². The quantitative estimate of drug-likeness (QED) is 0.642. The fourth-order valence-electron chi connectivity index (χ4n) is 2.13. The lowest BCUT2D eigenvalue weighted by atomic mass is 10.1. The minimum absolute atomic E-state index is 0.121. The molecular formula is C15H16N6O2S2. The van der Waals surface area contributed by atoms with Crippen LogP contribution in [-0.2, 0) is 10.5 Å². The van der Waals surface area contributed by atoms with Crippen LogP contribution in [0.4, 0.5) is 5.13 Å². The summed E-state index contributed by atoms with van der Waals surface area (Å²) >= 11 is 2.66. The van der Waals surface area contributed by atoms with Crippen molar-refractivity contribution in [3.05, 3.63) is 52.6 Å². The second-order valence-corrected chi connectivity index (χ2v) is 7.14. The number of benzene rings is 1. The fourth-order valence-corrected chi connectivity index (χ4v) is 3.48. The highest BCUT2D eigenvalue weighted by Crippen LogP contribution is 2.26. The number of amides is 1. The van der Waals surface area contributed by atoms with Gasteiger partial charge in [-0.3, -0.25) is 4.79 Å². The van der Waals surface area contributed by atoms with E-state index in [9.17, 15) is 4.79 Å². The van der Waals surface area contributed by atoms with Crippen LogP contribution in [0.15, 0.2) is 34.9 Å². The molecule has 3 aromatic rings. The first-order valence-corrected chi connectivity index (χ1v) is 9.39. The van der Waals surface area contributed by atoms with Crippen molar-refractivity contribution in [3.63, 3.8) is 0 Å². The van der Waals surface area contributed by atoms with Gasteiger partial charge in [0.25, 0.3) is 0 Å². The Bertz CT molecular complexity index is 835. The maximum atomic E-state index is 12.3. The largest absolute Gasteiger partial charge is 0.374 e. The third kappa shape index (κ3) is 4.77. The summed E-state index contributed by atoms with van der Waals surface area (Å²) < 4.78 is 5.02. The summed E-state index contributed by atoms with van der Waals surface area (Å²) in [5, 5.41) is 15.6. The second-order valence-electron chi connectivity index (χ2n) is 5.12. The molecular weight excluding hydrogens is 360 g/mol. The number of rotatable bonds is 7. The van der Waals surface area contributed by atoms with Crippen molar-refractivity contribution >= 4 is 34.1 Å². The average molecular weight is 376 g/mol. The SMILES string of the molecule is Cc1noc(CSCC(=O)N[C@H](c2ccccc2)c2nnc(N)s2)n1. The first-order chi connectivity index (χ1) is 12.1. The Morgan fingerprint density at radius 3 is 2.80 bits per heavy atom. The van der Waals surface area contributed by atoms with E-state index in [4.69, 9.17) is 10.3 Å². The number of nitrogens with one attached hydrogen (secondary N) is 1. The van der Waals surface area contributed by atoms with Gasteiger partial charge in [-0.05, 0) is 12.5 Å². The number of anilines is 1. The third-order valence-corrected chi connectivity index (χ3v) is 4.90. The van der Waals surface area contributed by atoms with Crippen LogP contribution in [0, 0.1) is 6.92 Å². The summed E-state index contributed by atoms with van der Waals surface area (Å²) in [6, 6.07) is 9.21. The number of nitrogens with two attached hydrogens (primary N) is 1. The lowest BCUT2D eigenvalue weighted by molar-refractivity contribution is -0.119. The van der Waals surface area contributed by atoms with Gasteiger partial charge in [-0.1, -0.05) is 46.8 Å². The van der Waals surface area contributed by atoms with E-state index in [1.807, 2.05) is 30.3 Å². The monoisotopic (exact) mass is 376 g/mol. The molecule has 3 N–H and O–H groups in total. The maximum Gasteiger partial charge on any atom is 0.236 e. The van der Waals surface area contributed by atoms with E-state index in [0.29, 0.717) is 27.6 Å². The Hall–Kier alpha value is -2.46. The highest BCUT2D eigenvalue weighted by Gasteiger charge is 2.21. The van der Waals surface area contributed by atoms with E-state index in [1.54, 1.807) is 6.92 Å². The normalized spacial score (nSPS) is 12.0. The number of hydrogen-bond donors (Lipinski definition) is 2. The van der Waals surface area contributed by atoms with Crippen molar-refractivity contribution in [2.24, 2.45) is 0 Å². The minimum atomic E-state index is -0.380. The van der Waals surface area contributed by atoms with E-state index in [-0.39, 0.29) is 17.7 Å². The van der Waals surface area contributed by atoms with Crippen LogP contribution in [0.3, 0.4) is 0 Å². The summed E-state index contributed by atoms with van der Waals surface area (Å²) in [6.07, 6.45) is 0. The Morgan fingerprint density at radius 1 is 1.36 bits per heavy atom. The van der Waals surface area contributed by atoms with Gasteiger partial charge < -0.3 is 15.6 Å². The second kappa shape index (κ2) is 8.08. The third-order valence-electron chi connectivity index (χ3n) is 3.17. The van der Waals surface area contributed by atoms with Crippen LogP contribution in [0.2, 0.25) is 0 Å². The molecule has 1 atom stereocenters.